The van der Waals surface area contributed by atoms with Gasteiger partial charge >= 0.3 is 0 Å². The maximum atomic E-state index is 13.6. The van der Waals surface area contributed by atoms with Crippen LogP contribution in [0.3, 0.4) is 0 Å². The van der Waals surface area contributed by atoms with Crippen molar-refractivity contribution >= 4 is 23.4 Å². The van der Waals surface area contributed by atoms with E-state index in [2.05, 4.69) is 20.3 Å². The molecule has 0 saturated carbocycles. The van der Waals surface area contributed by atoms with Gasteiger partial charge in [-0.15, -0.1) is 10.2 Å². The molecule has 0 aliphatic carbocycles. The van der Waals surface area contributed by atoms with Gasteiger partial charge in [0.05, 0.1) is 18.4 Å². The van der Waals surface area contributed by atoms with Crippen LogP contribution in [0.1, 0.15) is 5.89 Å². The Bertz CT molecular complexity index is 1420. The van der Waals surface area contributed by atoms with Crippen LogP contribution in [0.2, 0.25) is 5.02 Å². The number of para-hydroxylation sites is 1. The standard InChI is InChI=1S/C24H17ClFN5O2S/c1-32-20-5-3-2-4-19(20)22-27-21(33-30-22)14-34-24-29-28-23(15-6-8-16(25)9-7-15)31(24)18-12-10-17(26)11-13-18/h2-13H,14H2,1H3. The van der Waals surface area contributed by atoms with Crippen molar-refractivity contribution in [2.24, 2.45) is 0 Å². The zero-order valence-corrected chi connectivity index (χ0v) is 19.4. The van der Waals surface area contributed by atoms with E-state index in [1.807, 2.05) is 41.0 Å². The Balaban J connectivity index is 1.45. The third kappa shape index (κ3) is 4.52. The molecule has 0 aliphatic rings. The summed E-state index contributed by atoms with van der Waals surface area (Å²) in [5.74, 6) is 2.16. The number of thioether (sulfide) groups is 1. The third-order valence-corrected chi connectivity index (χ3v) is 6.13. The molecule has 0 saturated heterocycles. The van der Waals surface area contributed by atoms with E-state index in [4.69, 9.17) is 20.9 Å². The highest BCUT2D eigenvalue weighted by atomic mass is 35.5. The molecular weight excluding hydrogens is 477 g/mol. The number of ether oxygens (including phenoxy) is 1. The van der Waals surface area contributed by atoms with Gasteiger partial charge in [-0.2, -0.15) is 4.98 Å². The Morgan fingerprint density at radius 2 is 1.76 bits per heavy atom. The molecule has 170 valence electrons. The van der Waals surface area contributed by atoms with E-state index in [0.29, 0.717) is 39.2 Å². The molecule has 2 heterocycles. The quantitative estimate of drug-likeness (QED) is 0.254. The molecule has 3 aromatic carbocycles. The summed E-state index contributed by atoms with van der Waals surface area (Å²) in [5.41, 5.74) is 2.29. The predicted octanol–water partition coefficient (Wildman–Crippen LogP) is 6.08. The molecule has 0 bridgehead atoms. The molecular formula is C24H17ClFN5O2S. The molecule has 0 N–H and O–H groups in total. The topological polar surface area (TPSA) is 78.9 Å². The van der Waals surface area contributed by atoms with Gasteiger partial charge in [-0.1, -0.05) is 40.7 Å². The zero-order valence-electron chi connectivity index (χ0n) is 17.9. The van der Waals surface area contributed by atoms with Crippen LogP contribution in [0.5, 0.6) is 5.75 Å². The minimum Gasteiger partial charge on any atom is -0.496 e. The molecule has 0 unspecified atom stereocenters. The molecule has 5 aromatic rings. The fourth-order valence-corrected chi connectivity index (χ4v) is 4.27. The minimum atomic E-state index is -0.325. The van der Waals surface area contributed by atoms with E-state index in [9.17, 15) is 4.39 Å². The summed E-state index contributed by atoms with van der Waals surface area (Å²) in [6.45, 7) is 0. The van der Waals surface area contributed by atoms with Gasteiger partial charge in [0.1, 0.15) is 11.6 Å². The van der Waals surface area contributed by atoms with Gasteiger partial charge < -0.3 is 9.26 Å². The van der Waals surface area contributed by atoms with Crippen LogP contribution >= 0.6 is 23.4 Å². The van der Waals surface area contributed by atoms with E-state index in [-0.39, 0.29) is 5.82 Å². The normalized spacial score (nSPS) is 11.0. The summed E-state index contributed by atoms with van der Waals surface area (Å²) in [7, 11) is 1.59. The highest BCUT2D eigenvalue weighted by Crippen LogP contribution is 2.31. The predicted molar refractivity (Wildman–Crippen MR) is 128 cm³/mol. The summed E-state index contributed by atoms with van der Waals surface area (Å²) in [6.07, 6.45) is 0. The van der Waals surface area contributed by atoms with Gasteiger partial charge in [-0.3, -0.25) is 4.57 Å². The lowest BCUT2D eigenvalue weighted by Gasteiger charge is -2.10. The first-order valence-corrected chi connectivity index (χ1v) is 11.5. The minimum absolute atomic E-state index is 0.325. The van der Waals surface area contributed by atoms with Gasteiger partial charge in [0.2, 0.25) is 11.7 Å². The third-order valence-electron chi connectivity index (χ3n) is 4.96. The Labute approximate surface area is 203 Å². The number of hydrogen-bond donors (Lipinski definition) is 0. The number of hydrogen-bond acceptors (Lipinski definition) is 7. The van der Waals surface area contributed by atoms with Crippen molar-refractivity contribution in [2.45, 2.75) is 10.9 Å². The Morgan fingerprint density at radius 1 is 1.00 bits per heavy atom. The molecule has 0 amide bonds. The smallest absolute Gasteiger partial charge is 0.237 e. The van der Waals surface area contributed by atoms with E-state index in [1.54, 1.807) is 31.4 Å². The lowest BCUT2D eigenvalue weighted by Crippen LogP contribution is -2.00. The Kier molecular flexibility index (Phi) is 6.29. The molecule has 0 atom stereocenters. The highest BCUT2D eigenvalue weighted by molar-refractivity contribution is 7.98. The van der Waals surface area contributed by atoms with Gasteiger partial charge in [-0.25, -0.2) is 4.39 Å². The van der Waals surface area contributed by atoms with Crippen molar-refractivity contribution in [2.75, 3.05) is 7.11 Å². The number of nitrogens with zero attached hydrogens (tertiary/aromatic N) is 5. The average molecular weight is 494 g/mol. The van der Waals surface area contributed by atoms with E-state index >= 15 is 0 Å². The lowest BCUT2D eigenvalue weighted by molar-refractivity contribution is 0.390. The second-order valence-electron chi connectivity index (χ2n) is 7.13. The number of methoxy groups -OCH3 is 1. The Morgan fingerprint density at radius 3 is 2.53 bits per heavy atom. The fourth-order valence-electron chi connectivity index (χ4n) is 3.35. The molecule has 34 heavy (non-hydrogen) atoms. The monoisotopic (exact) mass is 493 g/mol. The molecule has 7 nitrogen and oxygen atoms in total. The number of aromatic nitrogens is 5. The second kappa shape index (κ2) is 9.66. The van der Waals surface area contributed by atoms with Crippen molar-refractivity contribution < 1.29 is 13.7 Å². The van der Waals surface area contributed by atoms with E-state index in [0.717, 1.165) is 16.8 Å². The number of rotatable bonds is 7. The lowest BCUT2D eigenvalue weighted by atomic mass is 10.2. The van der Waals surface area contributed by atoms with Crippen molar-refractivity contribution in [1.82, 2.24) is 24.9 Å². The first kappa shape index (κ1) is 22.1. The molecule has 0 radical (unpaired) electrons. The van der Waals surface area contributed by atoms with Crippen LogP contribution in [0, 0.1) is 5.82 Å². The fraction of sp³-hybridized carbons (Fsp3) is 0.0833. The van der Waals surface area contributed by atoms with Gasteiger partial charge in [-0.05, 0) is 60.7 Å². The van der Waals surface area contributed by atoms with E-state index in [1.165, 1.54) is 23.9 Å². The van der Waals surface area contributed by atoms with E-state index < -0.39 is 0 Å². The maximum Gasteiger partial charge on any atom is 0.237 e. The first-order chi connectivity index (χ1) is 16.6. The molecule has 5 rings (SSSR count). The number of halogens is 2. The molecule has 10 heteroatoms. The van der Waals surface area contributed by atoms with Crippen LogP contribution in [0.4, 0.5) is 4.39 Å². The summed E-state index contributed by atoms with van der Waals surface area (Å²) in [4.78, 5) is 4.49. The SMILES string of the molecule is COc1ccccc1-c1noc(CSc2nnc(-c3ccc(Cl)cc3)n2-c2ccc(F)cc2)n1. The van der Waals surface area contributed by atoms with Crippen LogP contribution in [0.25, 0.3) is 28.5 Å². The van der Waals surface area contributed by atoms with Crippen molar-refractivity contribution in [3.05, 3.63) is 89.5 Å². The molecule has 2 aromatic heterocycles. The zero-order chi connectivity index (χ0) is 23.5. The van der Waals surface area contributed by atoms with Crippen LogP contribution < -0.4 is 4.74 Å². The summed E-state index contributed by atoms with van der Waals surface area (Å²) in [6, 6.07) is 20.9. The summed E-state index contributed by atoms with van der Waals surface area (Å²) in [5, 5.41) is 14.0. The summed E-state index contributed by atoms with van der Waals surface area (Å²) >= 11 is 7.42. The number of benzene rings is 3. The van der Waals surface area contributed by atoms with Gasteiger partial charge in [0.25, 0.3) is 0 Å². The Hall–Kier alpha value is -3.69. The summed E-state index contributed by atoms with van der Waals surface area (Å²) < 4.78 is 26.2. The molecule has 0 fully saturated rings. The maximum absolute atomic E-state index is 13.6. The van der Waals surface area contributed by atoms with Crippen molar-refractivity contribution in [3.63, 3.8) is 0 Å². The van der Waals surface area contributed by atoms with Gasteiger partial charge in [0, 0.05) is 16.3 Å². The first-order valence-electron chi connectivity index (χ1n) is 10.2. The second-order valence-corrected chi connectivity index (χ2v) is 8.50. The highest BCUT2D eigenvalue weighted by Gasteiger charge is 2.19. The van der Waals surface area contributed by atoms with Gasteiger partial charge in [0.15, 0.2) is 11.0 Å². The average Bonchev–Trinajstić information content (AvgIpc) is 3.51. The van der Waals surface area contributed by atoms with Crippen LogP contribution in [-0.2, 0) is 5.75 Å². The largest absolute Gasteiger partial charge is 0.496 e. The van der Waals surface area contributed by atoms with Crippen LogP contribution in [0.15, 0.2) is 82.5 Å². The molecule has 0 aliphatic heterocycles. The van der Waals surface area contributed by atoms with Crippen LogP contribution in [-0.4, -0.2) is 32.0 Å². The van der Waals surface area contributed by atoms with Crippen molar-refractivity contribution in [1.29, 1.82) is 0 Å². The van der Waals surface area contributed by atoms with Crippen molar-refractivity contribution in [3.8, 4) is 34.2 Å². The molecule has 0 spiro atoms.